The predicted molar refractivity (Wildman–Crippen MR) is 66.4 cm³/mol. The number of hydrogen-bond donors (Lipinski definition) is 0. The van der Waals surface area contributed by atoms with Gasteiger partial charge in [-0.2, -0.15) is 0 Å². The standard InChI is InChI=1S/C14H19N2/c1-10(2)12-6-5-7-14-13(12)8-9-15-16(14)11(3)4/h5-11H,1-4H3/q+1. The zero-order valence-electron chi connectivity index (χ0n) is 10.4. The van der Waals surface area contributed by atoms with Gasteiger partial charge in [0.1, 0.15) is 0 Å². The lowest BCUT2D eigenvalue weighted by molar-refractivity contribution is -0.747. The minimum Gasteiger partial charge on any atom is -0.0817 e. The Morgan fingerprint density at radius 2 is 1.81 bits per heavy atom. The third-order valence-corrected chi connectivity index (χ3v) is 2.91. The molecule has 2 rings (SSSR count). The molecular formula is C14H19N2+. The molecule has 2 aromatic rings. The minimum absolute atomic E-state index is 0.395. The lowest BCUT2D eigenvalue weighted by atomic mass is 9.98. The van der Waals surface area contributed by atoms with Crippen LogP contribution in [0.3, 0.4) is 0 Å². The number of rotatable bonds is 2. The average molecular weight is 215 g/mol. The first kappa shape index (κ1) is 11.1. The molecule has 1 aromatic heterocycles. The van der Waals surface area contributed by atoms with Crippen LogP contribution in [0, 0.1) is 0 Å². The lowest BCUT2D eigenvalue weighted by Gasteiger charge is -2.08. The summed E-state index contributed by atoms with van der Waals surface area (Å²) in [4.78, 5) is 0. The Hall–Kier alpha value is -1.44. The summed E-state index contributed by atoms with van der Waals surface area (Å²) in [6.45, 7) is 8.78. The normalized spacial score (nSPS) is 11.6. The topological polar surface area (TPSA) is 16.8 Å². The van der Waals surface area contributed by atoms with E-state index in [4.69, 9.17) is 0 Å². The van der Waals surface area contributed by atoms with Crippen molar-refractivity contribution in [1.82, 2.24) is 5.10 Å². The molecule has 84 valence electrons. The van der Waals surface area contributed by atoms with Crippen LogP contribution in [0.15, 0.2) is 30.5 Å². The van der Waals surface area contributed by atoms with Crippen molar-refractivity contribution < 1.29 is 4.68 Å². The van der Waals surface area contributed by atoms with Gasteiger partial charge in [-0.25, -0.2) is 0 Å². The Bertz CT molecular complexity index is 454. The largest absolute Gasteiger partial charge is 0.239 e. The van der Waals surface area contributed by atoms with Crippen LogP contribution in [0.2, 0.25) is 0 Å². The highest BCUT2D eigenvalue weighted by molar-refractivity contribution is 5.79. The highest BCUT2D eigenvalue weighted by Crippen LogP contribution is 2.23. The molecule has 0 aliphatic rings. The summed E-state index contributed by atoms with van der Waals surface area (Å²) < 4.78 is 2.08. The van der Waals surface area contributed by atoms with Gasteiger partial charge in [0.05, 0.1) is 11.6 Å². The van der Waals surface area contributed by atoms with Gasteiger partial charge in [0.15, 0.2) is 6.04 Å². The molecule has 0 aliphatic heterocycles. The van der Waals surface area contributed by atoms with Crippen LogP contribution in [0.4, 0.5) is 0 Å². The van der Waals surface area contributed by atoms with Gasteiger partial charge < -0.3 is 0 Å². The van der Waals surface area contributed by atoms with E-state index in [2.05, 4.69) is 61.7 Å². The molecule has 1 heterocycles. The Labute approximate surface area is 96.9 Å². The van der Waals surface area contributed by atoms with Crippen LogP contribution in [0.1, 0.15) is 45.2 Å². The molecule has 2 heteroatoms. The molecular weight excluding hydrogens is 196 g/mol. The first-order chi connectivity index (χ1) is 7.61. The van der Waals surface area contributed by atoms with Crippen LogP contribution in [-0.4, -0.2) is 5.10 Å². The molecule has 0 spiro atoms. The first-order valence-corrected chi connectivity index (χ1v) is 5.90. The van der Waals surface area contributed by atoms with Crippen molar-refractivity contribution in [3.8, 4) is 0 Å². The van der Waals surface area contributed by atoms with Gasteiger partial charge in [0, 0.05) is 6.07 Å². The van der Waals surface area contributed by atoms with Gasteiger partial charge in [-0.3, -0.25) is 0 Å². The van der Waals surface area contributed by atoms with Crippen molar-refractivity contribution in [2.75, 3.05) is 0 Å². The maximum absolute atomic E-state index is 4.42. The monoisotopic (exact) mass is 215 g/mol. The minimum atomic E-state index is 0.395. The van der Waals surface area contributed by atoms with Crippen molar-refractivity contribution in [3.63, 3.8) is 0 Å². The van der Waals surface area contributed by atoms with Gasteiger partial charge >= 0.3 is 0 Å². The summed E-state index contributed by atoms with van der Waals surface area (Å²) in [5, 5.41) is 5.74. The Morgan fingerprint density at radius 3 is 2.44 bits per heavy atom. The van der Waals surface area contributed by atoms with Gasteiger partial charge in [-0.15, -0.1) is 0 Å². The third-order valence-electron chi connectivity index (χ3n) is 2.91. The van der Waals surface area contributed by atoms with Crippen molar-refractivity contribution in [1.29, 1.82) is 0 Å². The molecule has 1 aromatic carbocycles. The van der Waals surface area contributed by atoms with Crippen LogP contribution in [-0.2, 0) is 0 Å². The van der Waals surface area contributed by atoms with E-state index in [9.17, 15) is 0 Å². The lowest BCUT2D eigenvalue weighted by Crippen LogP contribution is -2.40. The van der Waals surface area contributed by atoms with Crippen molar-refractivity contribution >= 4 is 10.9 Å². The van der Waals surface area contributed by atoms with E-state index in [1.807, 2.05) is 6.20 Å². The molecule has 0 radical (unpaired) electrons. The third kappa shape index (κ3) is 1.80. The van der Waals surface area contributed by atoms with Crippen molar-refractivity contribution in [3.05, 3.63) is 36.0 Å². The van der Waals surface area contributed by atoms with Gasteiger partial charge in [0.25, 0.3) is 0 Å². The average Bonchev–Trinajstić information content (AvgIpc) is 2.27. The maximum atomic E-state index is 4.42. The van der Waals surface area contributed by atoms with E-state index < -0.39 is 0 Å². The van der Waals surface area contributed by atoms with Gasteiger partial charge in [-0.1, -0.05) is 30.7 Å². The Balaban J connectivity index is 2.76. The van der Waals surface area contributed by atoms with Crippen molar-refractivity contribution in [2.45, 2.75) is 39.7 Å². The summed E-state index contributed by atoms with van der Waals surface area (Å²) in [5.74, 6) is 0.548. The smallest absolute Gasteiger partial charge is 0.0817 e. The van der Waals surface area contributed by atoms with E-state index in [0.717, 1.165) is 0 Å². The fourth-order valence-electron chi connectivity index (χ4n) is 2.11. The summed E-state index contributed by atoms with van der Waals surface area (Å²) in [6, 6.07) is 8.99. The van der Waals surface area contributed by atoms with Crippen LogP contribution in [0.25, 0.3) is 10.9 Å². The van der Waals surface area contributed by atoms with E-state index in [-0.39, 0.29) is 0 Å². The summed E-state index contributed by atoms with van der Waals surface area (Å²) in [6.07, 6.45) is 1.90. The molecule has 0 saturated heterocycles. The second kappa shape index (κ2) is 4.20. The van der Waals surface area contributed by atoms with Crippen molar-refractivity contribution in [2.24, 2.45) is 0 Å². The zero-order valence-corrected chi connectivity index (χ0v) is 10.4. The second-order valence-electron chi connectivity index (χ2n) is 4.80. The molecule has 0 unspecified atom stereocenters. The van der Waals surface area contributed by atoms with E-state index in [1.165, 1.54) is 16.5 Å². The number of benzene rings is 1. The SMILES string of the molecule is CC(C)c1cccc2c1ccn[n+]2C(C)C. The number of fused-ring (bicyclic) bond motifs is 1. The zero-order chi connectivity index (χ0) is 11.7. The molecule has 0 atom stereocenters. The molecule has 0 saturated carbocycles. The van der Waals surface area contributed by atoms with Crippen LogP contribution in [0.5, 0.6) is 0 Å². The number of hydrogen-bond acceptors (Lipinski definition) is 1. The number of aromatic nitrogens is 2. The first-order valence-electron chi connectivity index (χ1n) is 5.90. The molecule has 16 heavy (non-hydrogen) atoms. The second-order valence-corrected chi connectivity index (χ2v) is 4.80. The fraction of sp³-hybridized carbons (Fsp3) is 0.429. The van der Waals surface area contributed by atoms with Crippen LogP contribution < -0.4 is 4.68 Å². The molecule has 0 amide bonds. The summed E-state index contributed by atoms with van der Waals surface area (Å²) >= 11 is 0. The molecule has 0 fully saturated rings. The van der Waals surface area contributed by atoms with E-state index in [0.29, 0.717) is 12.0 Å². The molecule has 0 aliphatic carbocycles. The predicted octanol–water partition coefficient (Wildman–Crippen LogP) is 3.23. The van der Waals surface area contributed by atoms with Gasteiger partial charge in [-0.05, 0) is 36.5 Å². The molecule has 0 N–H and O–H groups in total. The Morgan fingerprint density at radius 1 is 1.06 bits per heavy atom. The Kier molecular flexibility index (Phi) is 2.90. The fourth-order valence-corrected chi connectivity index (χ4v) is 2.11. The maximum Gasteiger partial charge on any atom is 0.239 e. The summed E-state index contributed by atoms with van der Waals surface area (Å²) in [5.41, 5.74) is 2.62. The van der Waals surface area contributed by atoms with E-state index >= 15 is 0 Å². The molecule has 2 nitrogen and oxygen atoms in total. The van der Waals surface area contributed by atoms with Crippen LogP contribution >= 0.6 is 0 Å². The summed E-state index contributed by atoms with van der Waals surface area (Å²) in [7, 11) is 0. The molecule has 0 bridgehead atoms. The van der Waals surface area contributed by atoms with E-state index in [1.54, 1.807) is 0 Å². The highest BCUT2D eigenvalue weighted by Gasteiger charge is 2.16. The highest BCUT2D eigenvalue weighted by atomic mass is 15.3. The quantitative estimate of drug-likeness (QED) is 0.703. The van der Waals surface area contributed by atoms with Gasteiger partial charge in [0.2, 0.25) is 5.52 Å². The number of nitrogens with zero attached hydrogens (tertiary/aromatic N) is 2.